The van der Waals surface area contributed by atoms with Crippen LogP contribution in [0.2, 0.25) is 0 Å². The van der Waals surface area contributed by atoms with E-state index in [1.807, 2.05) is 0 Å². The Morgan fingerprint density at radius 2 is 1.24 bits per heavy atom. The summed E-state index contributed by atoms with van der Waals surface area (Å²) in [5.41, 5.74) is 6.69. The molecule has 2 aromatic carbocycles. The van der Waals surface area contributed by atoms with E-state index in [0.29, 0.717) is 11.3 Å². The van der Waals surface area contributed by atoms with Crippen LogP contribution in [0, 0.1) is 20.8 Å². The van der Waals surface area contributed by atoms with E-state index in [9.17, 15) is 13.2 Å². The van der Waals surface area contributed by atoms with Crippen LogP contribution in [-0.4, -0.2) is 11.3 Å². The molecule has 0 heterocycles. The van der Waals surface area contributed by atoms with Crippen molar-refractivity contribution in [3.05, 3.63) is 64.2 Å². The molecule has 0 aliphatic heterocycles. The average Bonchev–Trinajstić information content (AvgIpc) is 2.81. The maximum absolute atomic E-state index is 13.3. The van der Waals surface area contributed by atoms with E-state index in [-0.39, 0.29) is 5.78 Å². The third kappa shape index (κ3) is 5.99. The number of benzene rings is 2. The third-order valence-corrected chi connectivity index (χ3v) is 11.5. The molecular weight excluding hydrogens is 450 g/mol. The summed E-state index contributed by atoms with van der Waals surface area (Å²) < 4.78 is 40.0. The van der Waals surface area contributed by atoms with Crippen LogP contribution < -0.4 is 5.32 Å². The average molecular weight is 490 g/mol. The van der Waals surface area contributed by atoms with Gasteiger partial charge in [-0.25, -0.2) is 0 Å². The fourth-order valence-corrected chi connectivity index (χ4v) is 10.4. The molecule has 1 N–H and O–H groups in total. The van der Waals surface area contributed by atoms with Crippen LogP contribution in [0.4, 0.5) is 18.9 Å². The van der Waals surface area contributed by atoms with Gasteiger partial charge in [0.25, 0.3) is 0 Å². The number of hydrogen-bond acceptors (Lipinski definition) is 1. The highest BCUT2D eigenvalue weighted by molar-refractivity contribution is 7.59. The Kier molecular flexibility index (Phi) is 8.28. The molecule has 0 amide bonds. The third-order valence-electron chi connectivity index (χ3n) is 7.80. The van der Waals surface area contributed by atoms with Crippen LogP contribution in [0.3, 0.4) is 0 Å². The Morgan fingerprint density at radius 1 is 0.765 bits per heavy atom. The molecule has 186 valence electrons. The van der Waals surface area contributed by atoms with E-state index in [2.05, 4.69) is 38.2 Å². The second-order valence-electron chi connectivity index (χ2n) is 10.5. The molecule has 2 aliphatic carbocycles. The van der Waals surface area contributed by atoms with Gasteiger partial charge in [-0.1, -0.05) is 76.3 Å². The van der Waals surface area contributed by atoms with Crippen LogP contribution in [0.15, 0.2) is 36.4 Å². The highest BCUT2D eigenvalue weighted by Crippen LogP contribution is 2.64. The highest BCUT2D eigenvalue weighted by atomic mass is 31.1. The number of rotatable bonds is 6. The van der Waals surface area contributed by atoms with Gasteiger partial charge < -0.3 is 5.32 Å². The highest BCUT2D eigenvalue weighted by Gasteiger charge is 2.38. The van der Waals surface area contributed by atoms with E-state index in [1.165, 1.54) is 93.0 Å². The molecule has 0 spiro atoms. The lowest BCUT2D eigenvalue weighted by atomic mass is 9.99. The first-order chi connectivity index (χ1) is 16.2. The lowest BCUT2D eigenvalue weighted by molar-refractivity contribution is -0.137. The number of halogens is 3. The molecule has 2 saturated carbocycles. The zero-order valence-electron chi connectivity index (χ0n) is 20.8. The molecule has 0 saturated heterocycles. The van der Waals surface area contributed by atoms with Gasteiger partial charge in [0, 0.05) is 5.69 Å². The number of hydrogen-bond donors (Lipinski definition) is 1. The van der Waals surface area contributed by atoms with Gasteiger partial charge in [0.15, 0.2) is 0 Å². The monoisotopic (exact) mass is 489 g/mol. The number of alkyl halides is 3. The quantitative estimate of drug-likeness (QED) is 0.398. The Balaban J connectivity index is 1.77. The van der Waals surface area contributed by atoms with E-state index in [0.717, 1.165) is 11.3 Å². The van der Waals surface area contributed by atoms with Crippen molar-refractivity contribution in [3.8, 4) is 0 Å². The lowest BCUT2D eigenvalue weighted by Crippen LogP contribution is -2.27. The summed E-state index contributed by atoms with van der Waals surface area (Å²) in [5.74, 6) is 0.0867. The van der Waals surface area contributed by atoms with Gasteiger partial charge in [-0.05, 0) is 86.6 Å². The largest absolute Gasteiger partial charge is 0.416 e. The van der Waals surface area contributed by atoms with Crippen molar-refractivity contribution in [1.82, 2.24) is 0 Å². The zero-order valence-corrected chi connectivity index (χ0v) is 21.7. The molecule has 2 fully saturated rings. The van der Waals surface area contributed by atoms with Crippen LogP contribution >= 0.6 is 7.92 Å². The molecule has 4 rings (SSSR count). The maximum atomic E-state index is 13.3. The Labute approximate surface area is 204 Å². The van der Waals surface area contributed by atoms with Crippen LogP contribution in [0.25, 0.3) is 0 Å². The van der Waals surface area contributed by atoms with Crippen LogP contribution in [0.5, 0.6) is 0 Å². The normalized spacial score (nSPS) is 19.4. The first kappa shape index (κ1) is 25.5. The summed E-state index contributed by atoms with van der Waals surface area (Å²) in [6, 6.07) is 10.5. The molecule has 0 radical (unpaired) electrons. The van der Waals surface area contributed by atoms with Gasteiger partial charge in [-0.2, -0.15) is 13.2 Å². The van der Waals surface area contributed by atoms with Crippen LogP contribution in [-0.2, 0) is 6.18 Å². The predicted octanol–water partition coefficient (Wildman–Crippen LogP) is 9.89. The first-order valence-corrected chi connectivity index (χ1v) is 14.6. The van der Waals surface area contributed by atoms with Crippen molar-refractivity contribution in [2.75, 3.05) is 5.32 Å². The molecule has 34 heavy (non-hydrogen) atoms. The lowest BCUT2D eigenvalue weighted by Gasteiger charge is -2.44. The van der Waals surface area contributed by atoms with Gasteiger partial charge >= 0.3 is 6.18 Å². The molecule has 1 unspecified atom stereocenters. The Bertz CT molecular complexity index is 900. The molecule has 1 nitrogen and oxygen atoms in total. The Morgan fingerprint density at radius 3 is 1.68 bits per heavy atom. The van der Waals surface area contributed by atoms with Crippen molar-refractivity contribution < 1.29 is 13.2 Å². The molecular formula is C29H39F3NP. The summed E-state index contributed by atoms with van der Waals surface area (Å²) in [5, 5.41) is 3.96. The molecule has 2 aliphatic rings. The minimum absolute atomic E-state index is 0.0867. The number of anilines is 1. The van der Waals surface area contributed by atoms with E-state index < -0.39 is 19.7 Å². The summed E-state index contributed by atoms with van der Waals surface area (Å²) in [6.07, 6.45) is 8.58. The van der Waals surface area contributed by atoms with Crippen molar-refractivity contribution in [2.24, 2.45) is 0 Å². The number of nitrogens with one attached hydrogen (secondary N) is 1. The van der Waals surface area contributed by atoms with E-state index in [4.69, 9.17) is 0 Å². The second kappa shape index (κ2) is 11.0. The van der Waals surface area contributed by atoms with Crippen molar-refractivity contribution >= 4 is 13.6 Å². The summed E-state index contributed by atoms with van der Waals surface area (Å²) in [7, 11) is -0.423. The SMILES string of the molecule is Cc1cc(C)c(NC(c2ccc(C(F)(F)F)cc2)P(C2CCCCC2)C2CCCCC2)c(C)c1. The molecule has 2 aromatic rings. The summed E-state index contributed by atoms with van der Waals surface area (Å²) in [4.78, 5) is 0. The number of aryl methyl sites for hydroxylation is 3. The van der Waals surface area contributed by atoms with E-state index >= 15 is 0 Å². The topological polar surface area (TPSA) is 12.0 Å². The van der Waals surface area contributed by atoms with Gasteiger partial charge in [-0.3, -0.25) is 0 Å². The minimum Gasteiger partial charge on any atom is -0.374 e. The fourth-order valence-electron chi connectivity index (χ4n) is 6.21. The van der Waals surface area contributed by atoms with Gasteiger partial charge in [0.1, 0.15) is 0 Å². The van der Waals surface area contributed by atoms with Crippen molar-refractivity contribution in [2.45, 2.75) is 108 Å². The zero-order chi connectivity index (χ0) is 24.3. The van der Waals surface area contributed by atoms with Crippen molar-refractivity contribution in [3.63, 3.8) is 0 Å². The second-order valence-corrected chi connectivity index (χ2v) is 13.3. The standard InChI is InChI=1S/C29H39F3NP/c1-20-18-21(2)27(22(3)19-20)33-28(23-14-16-24(17-15-23)29(30,31)32)34(25-10-6-4-7-11-25)26-12-8-5-9-13-26/h14-19,25-26,28,33H,4-13H2,1-3H3. The van der Waals surface area contributed by atoms with Gasteiger partial charge in [0.05, 0.1) is 11.3 Å². The molecule has 5 heteroatoms. The predicted molar refractivity (Wildman–Crippen MR) is 139 cm³/mol. The Hall–Kier alpha value is -1.54. The molecule has 0 aromatic heterocycles. The van der Waals surface area contributed by atoms with Crippen molar-refractivity contribution in [1.29, 1.82) is 0 Å². The minimum atomic E-state index is -4.30. The molecule has 0 bridgehead atoms. The van der Waals surface area contributed by atoms with Crippen LogP contribution in [0.1, 0.15) is 97.8 Å². The van der Waals surface area contributed by atoms with Gasteiger partial charge in [0.2, 0.25) is 0 Å². The van der Waals surface area contributed by atoms with E-state index in [1.54, 1.807) is 12.1 Å². The molecule has 1 atom stereocenters. The summed E-state index contributed by atoms with van der Waals surface area (Å²) in [6.45, 7) is 6.42. The first-order valence-electron chi connectivity index (χ1n) is 13.0. The summed E-state index contributed by atoms with van der Waals surface area (Å²) >= 11 is 0. The maximum Gasteiger partial charge on any atom is 0.416 e. The fraction of sp³-hybridized carbons (Fsp3) is 0.586. The van der Waals surface area contributed by atoms with Gasteiger partial charge in [-0.15, -0.1) is 0 Å². The smallest absolute Gasteiger partial charge is 0.374 e.